The Morgan fingerprint density at radius 2 is 2.03 bits per heavy atom. The summed E-state index contributed by atoms with van der Waals surface area (Å²) in [5.74, 6) is -0.128. The van der Waals surface area contributed by atoms with E-state index in [4.69, 9.17) is 24.3 Å². The van der Waals surface area contributed by atoms with Crippen molar-refractivity contribution in [1.82, 2.24) is 24.6 Å². The number of aromatic nitrogens is 4. The predicted molar refractivity (Wildman–Crippen MR) is 133 cm³/mol. The van der Waals surface area contributed by atoms with E-state index in [0.29, 0.717) is 11.2 Å². The van der Waals surface area contributed by atoms with Gasteiger partial charge in [-0.05, 0) is 39.8 Å². The highest BCUT2D eigenvalue weighted by Gasteiger charge is 2.40. The highest BCUT2D eigenvalue weighted by atomic mass is 31.2. The number of nitrogen functional groups attached to an aromatic ring is 1. The van der Waals surface area contributed by atoms with Gasteiger partial charge in [0.15, 0.2) is 17.7 Å². The lowest BCUT2D eigenvalue weighted by molar-refractivity contribution is -0.156. The lowest BCUT2D eigenvalue weighted by Crippen LogP contribution is -2.39. The number of carbonyl (C=O) groups is 1. The summed E-state index contributed by atoms with van der Waals surface area (Å²) in [4.78, 5) is 24.8. The van der Waals surface area contributed by atoms with Crippen molar-refractivity contribution in [3.63, 3.8) is 0 Å². The van der Waals surface area contributed by atoms with Crippen molar-refractivity contribution in [2.45, 2.75) is 64.2 Å². The van der Waals surface area contributed by atoms with Gasteiger partial charge >= 0.3 is 13.7 Å². The molecule has 1 saturated heterocycles. The van der Waals surface area contributed by atoms with Gasteiger partial charge in [0.05, 0.1) is 19.0 Å². The topological polar surface area (TPSA) is 173 Å². The molecule has 0 aliphatic carbocycles. The number of hydrogen-bond acceptors (Lipinski definition) is 11. The number of aliphatic hydroxyl groups is 1. The molecule has 1 aliphatic rings. The number of hydrogen-bond donors (Lipinski definition) is 3. The molecule has 0 radical (unpaired) electrons. The van der Waals surface area contributed by atoms with E-state index in [2.05, 4.69) is 20.0 Å². The maximum Gasteiger partial charge on any atom is 0.459 e. The number of anilines is 1. The minimum absolute atomic E-state index is 0.178. The minimum atomic E-state index is -4.08. The fourth-order valence-electron chi connectivity index (χ4n) is 3.72. The molecule has 4 rings (SSSR count). The zero-order valence-corrected chi connectivity index (χ0v) is 21.9. The number of ether oxygens (including phenoxy) is 2. The zero-order chi connectivity index (χ0) is 26.8. The lowest BCUT2D eigenvalue weighted by Gasteiger charge is -2.26. The Labute approximate surface area is 213 Å². The molecule has 0 bridgehead atoms. The van der Waals surface area contributed by atoms with Crippen molar-refractivity contribution in [1.29, 1.82) is 0 Å². The van der Waals surface area contributed by atoms with Crippen LogP contribution in [0.15, 0.2) is 43.0 Å². The van der Waals surface area contributed by atoms with Crippen molar-refractivity contribution < 1.29 is 33.0 Å². The molecule has 0 spiro atoms. The number of para-hydroxylation sites is 1. The summed E-state index contributed by atoms with van der Waals surface area (Å²) >= 11 is 0. The molecule has 3 heterocycles. The van der Waals surface area contributed by atoms with Crippen LogP contribution in [0.5, 0.6) is 5.75 Å². The Morgan fingerprint density at radius 1 is 1.30 bits per heavy atom. The second kappa shape index (κ2) is 10.7. The van der Waals surface area contributed by atoms with E-state index in [-0.39, 0.29) is 24.6 Å². The molecule has 0 saturated carbocycles. The van der Waals surface area contributed by atoms with Crippen LogP contribution in [0.25, 0.3) is 11.2 Å². The maximum atomic E-state index is 13.7. The van der Waals surface area contributed by atoms with Gasteiger partial charge in [0.25, 0.3) is 0 Å². The third-order valence-corrected chi connectivity index (χ3v) is 6.98. The Kier molecular flexibility index (Phi) is 7.81. The first-order valence-corrected chi connectivity index (χ1v) is 13.2. The number of nitrogens with one attached hydrogen (secondary N) is 1. The van der Waals surface area contributed by atoms with E-state index in [1.165, 1.54) is 19.6 Å². The normalized spacial score (nSPS) is 22.5. The number of fused-ring (bicyclic) bond motifs is 1. The van der Waals surface area contributed by atoms with Crippen LogP contribution in [0, 0.1) is 0 Å². The molecule has 2 aromatic heterocycles. The lowest BCUT2D eigenvalue weighted by atomic mass is 10.2. The first-order valence-electron chi connectivity index (χ1n) is 11.7. The van der Waals surface area contributed by atoms with Crippen molar-refractivity contribution >= 4 is 30.7 Å². The third-order valence-electron chi connectivity index (χ3n) is 5.34. The second-order valence-corrected chi connectivity index (χ2v) is 11.3. The maximum absolute atomic E-state index is 13.7. The number of benzene rings is 1. The molecule has 13 nitrogen and oxygen atoms in total. The summed E-state index contributed by atoms with van der Waals surface area (Å²) in [6.45, 7) is 6.50. The summed E-state index contributed by atoms with van der Waals surface area (Å²) in [6, 6.07) is 7.42. The smallest absolute Gasteiger partial charge is 0.459 e. The molecule has 1 aliphatic heterocycles. The molecule has 1 unspecified atom stereocenters. The molecule has 4 N–H and O–H groups in total. The SMILES string of the molecule is C[C@H](NP(=O)(OC[C@@H]1C[C@@H](O)[C@H](n2cnc3c(N)ncnc32)O1)Oc1ccccc1)C(=O)OC(C)(C)C. The first kappa shape index (κ1) is 27.0. The molecule has 14 heteroatoms. The van der Waals surface area contributed by atoms with Crippen molar-refractivity contribution in [3.05, 3.63) is 43.0 Å². The van der Waals surface area contributed by atoms with E-state index in [9.17, 15) is 14.5 Å². The molecule has 0 amide bonds. The van der Waals surface area contributed by atoms with Gasteiger partial charge in [-0.15, -0.1) is 0 Å². The van der Waals surface area contributed by atoms with Gasteiger partial charge in [-0.1, -0.05) is 18.2 Å². The van der Waals surface area contributed by atoms with E-state index in [0.717, 1.165) is 0 Å². The molecular weight excluding hydrogens is 503 g/mol. The number of aliphatic hydroxyl groups excluding tert-OH is 1. The Morgan fingerprint density at radius 3 is 2.73 bits per heavy atom. The van der Waals surface area contributed by atoms with Crippen LogP contribution in [0.3, 0.4) is 0 Å². The van der Waals surface area contributed by atoms with Crippen LogP contribution in [0.1, 0.15) is 40.3 Å². The van der Waals surface area contributed by atoms with Gasteiger partial charge in [0.2, 0.25) is 0 Å². The van der Waals surface area contributed by atoms with Crippen molar-refractivity contribution in [2.75, 3.05) is 12.3 Å². The Hall–Kier alpha value is -3.09. The summed E-state index contributed by atoms with van der Waals surface area (Å²) in [5.41, 5.74) is 5.92. The first-order chi connectivity index (χ1) is 17.4. The average molecular weight is 535 g/mol. The summed E-state index contributed by atoms with van der Waals surface area (Å²) in [6.07, 6.45) is 0.536. The monoisotopic (exact) mass is 534 g/mol. The van der Waals surface area contributed by atoms with Crippen LogP contribution < -0.4 is 15.3 Å². The van der Waals surface area contributed by atoms with E-state index in [1.807, 2.05) is 0 Å². The highest BCUT2D eigenvalue weighted by molar-refractivity contribution is 7.52. The molecule has 37 heavy (non-hydrogen) atoms. The molecule has 1 aromatic carbocycles. The van der Waals surface area contributed by atoms with E-state index < -0.39 is 43.8 Å². The molecular formula is C23H31N6O7P. The zero-order valence-electron chi connectivity index (χ0n) is 21.0. The predicted octanol–water partition coefficient (Wildman–Crippen LogP) is 2.58. The molecule has 3 aromatic rings. The summed E-state index contributed by atoms with van der Waals surface area (Å²) in [7, 11) is -4.08. The van der Waals surface area contributed by atoms with Gasteiger partial charge in [-0.2, -0.15) is 5.09 Å². The van der Waals surface area contributed by atoms with Crippen molar-refractivity contribution in [2.24, 2.45) is 0 Å². The van der Waals surface area contributed by atoms with Gasteiger partial charge in [0, 0.05) is 6.42 Å². The quantitative estimate of drug-likeness (QED) is 0.271. The number of rotatable bonds is 9. The Balaban J connectivity index is 1.46. The number of esters is 1. The Bertz CT molecular complexity index is 1280. The van der Waals surface area contributed by atoms with Crippen LogP contribution in [0.2, 0.25) is 0 Å². The fourth-order valence-corrected chi connectivity index (χ4v) is 5.24. The highest BCUT2D eigenvalue weighted by Crippen LogP contribution is 2.46. The fraction of sp³-hybridized carbons (Fsp3) is 0.478. The average Bonchev–Trinajstić information content (AvgIpc) is 3.41. The number of nitrogens with zero attached hydrogens (tertiary/aromatic N) is 4. The standard InChI is InChI=1S/C23H31N6O7P/c1-14(22(31)35-23(2,3)4)28-37(32,36-15-8-6-5-7-9-15)33-11-16-10-17(30)21(34-16)29-13-27-18-19(24)25-12-26-20(18)29/h5-9,12-14,16-17,21,30H,10-11H2,1-4H3,(H,28,32)(H2,24,25,26)/t14-,16-,17+,21+,37?/m0/s1. The van der Waals surface area contributed by atoms with Crippen LogP contribution in [-0.2, 0) is 23.4 Å². The van der Waals surface area contributed by atoms with Crippen LogP contribution in [-0.4, -0.2) is 61.1 Å². The summed E-state index contributed by atoms with van der Waals surface area (Å²) in [5, 5.41) is 13.3. The van der Waals surface area contributed by atoms with Crippen LogP contribution >= 0.6 is 7.75 Å². The second-order valence-electron chi connectivity index (χ2n) is 9.62. The number of carbonyl (C=O) groups excluding carboxylic acids is 1. The third kappa shape index (κ3) is 6.62. The van der Waals surface area contributed by atoms with Crippen molar-refractivity contribution in [3.8, 4) is 5.75 Å². The van der Waals surface area contributed by atoms with E-state index >= 15 is 0 Å². The van der Waals surface area contributed by atoms with E-state index in [1.54, 1.807) is 55.7 Å². The van der Waals surface area contributed by atoms with Gasteiger partial charge in [-0.25, -0.2) is 19.5 Å². The molecule has 5 atom stereocenters. The van der Waals surface area contributed by atoms with Crippen LogP contribution in [0.4, 0.5) is 5.82 Å². The summed E-state index contributed by atoms with van der Waals surface area (Å²) < 4.78 is 38.0. The molecule has 200 valence electrons. The largest absolute Gasteiger partial charge is 0.459 e. The van der Waals surface area contributed by atoms with Gasteiger partial charge in [-0.3, -0.25) is 13.9 Å². The molecule has 1 fully saturated rings. The number of imidazole rings is 1. The number of nitrogens with two attached hydrogens (primary N) is 1. The van der Waals surface area contributed by atoms with Gasteiger partial charge in [0.1, 0.15) is 35.3 Å². The van der Waals surface area contributed by atoms with Gasteiger partial charge < -0.3 is 24.8 Å². The minimum Gasteiger partial charge on any atom is -0.459 e.